The second-order valence-electron chi connectivity index (χ2n) is 6.44. The topological polar surface area (TPSA) is 41.5 Å². The molecule has 1 aromatic carbocycles. The van der Waals surface area contributed by atoms with E-state index in [9.17, 15) is 0 Å². The molecule has 0 aliphatic rings. The van der Waals surface area contributed by atoms with Gasteiger partial charge in [0.1, 0.15) is 5.75 Å². The van der Waals surface area contributed by atoms with Crippen LogP contribution in [0, 0.1) is 13.8 Å². The van der Waals surface area contributed by atoms with Crippen molar-refractivity contribution in [1.29, 1.82) is 0 Å². The first-order valence-electron chi connectivity index (χ1n) is 7.42. The molecule has 0 fully saturated rings. The molecule has 3 heteroatoms. The van der Waals surface area contributed by atoms with Gasteiger partial charge >= 0.3 is 0 Å². The summed E-state index contributed by atoms with van der Waals surface area (Å²) in [6.45, 7) is 12.5. The minimum absolute atomic E-state index is 0.126. The predicted molar refractivity (Wildman–Crippen MR) is 84.3 cm³/mol. The van der Waals surface area contributed by atoms with Crippen LogP contribution in [-0.2, 0) is 6.54 Å². The molecular weight excluding hydrogens is 250 g/mol. The lowest BCUT2D eigenvalue weighted by Gasteiger charge is -2.21. The first kappa shape index (κ1) is 17.0. The van der Waals surface area contributed by atoms with Crippen molar-refractivity contribution < 1.29 is 9.84 Å². The van der Waals surface area contributed by atoms with Crippen molar-refractivity contribution in [2.75, 3.05) is 13.2 Å². The molecule has 0 amide bonds. The fourth-order valence-electron chi connectivity index (χ4n) is 2.13. The van der Waals surface area contributed by atoms with E-state index >= 15 is 0 Å². The van der Waals surface area contributed by atoms with E-state index in [2.05, 4.69) is 52.1 Å². The Morgan fingerprint density at radius 1 is 1.10 bits per heavy atom. The molecule has 1 rings (SSSR count). The fourth-order valence-corrected chi connectivity index (χ4v) is 2.13. The van der Waals surface area contributed by atoms with Crippen molar-refractivity contribution in [3.8, 4) is 5.75 Å². The molecule has 0 spiro atoms. The highest BCUT2D eigenvalue weighted by molar-refractivity contribution is 5.43. The lowest BCUT2D eigenvalue weighted by molar-refractivity contribution is 0.252. The number of hydrogen-bond donors (Lipinski definition) is 2. The maximum atomic E-state index is 8.77. The van der Waals surface area contributed by atoms with Gasteiger partial charge in [0.2, 0.25) is 0 Å². The molecule has 0 heterocycles. The maximum Gasteiger partial charge on any atom is 0.125 e. The zero-order valence-electron chi connectivity index (χ0n) is 13.5. The Morgan fingerprint density at radius 2 is 1.70 bits per heavy atom. The molecule has 0 bridgehead atoms. The summed E-state index contributed by atoms with van der Waals surface area (Å²) in [5.41, 5.74) is 3.78. The van der Waals surface area contributed by atoms with Crippen molar-refractivity contribution >= 4 is 0 Å². The van der Waals surface area contributed by atoms with E-state index < -0.39 is 0 Å². The molecule has 2 N–H and O–H groups in total. The van der Waals surface area contributed by atoms with Crippen LogP contribution >= 0.6 is 0 Å². The third-order valence-electron chi connectivity index (χ3n) is 3.14. The van der Waals surface area contributed by atoms with E-state index in [0.717, 1.165) is 25.1 Å². The van der Waals surface area contributed by atoms with Crippen LogP contribution in [-0.4, -0.2) is 23.9 Å². The molecule has 0 saturated heterocycles. The molecule has 0 aliphatic heterocycles. The first-order chi connectivity index (χ1) is 9.33. The largest absolute Gasteiger partial charge is 0.493 e. The normalized spacial score (nSPS) is 11.7. The summed E-state index contributed by atoms with van der Waals surface area (Å²) in [6.07, 6.45) is 1.69. The SMILES string of the molecule is Cc1cc(CNC(C)(C)C)cc(C)c1OCCCCO. The summed E-state index contributed by atoms with van der Waals surface area (Å²) in [6, 6.07) is 4.38. The molecule has 3 nitrogen and oxygen atoms in total. The molecule has 114 valence electrons. The summed E-state index contributed by atoms with van der Waals surface area (Å²) in [7, 11) is 0. The van der Waals surface area contributed by atoms with E-state index in [-0.39, 0.29) is 12.1 Å². The van der Waals surface area contributed by atoms with Gasteiger partial charge in [0, 0.05) is 18.7 Å². The average molecular weight is 279 g/mol. The van der Waals surface area contributed by atoms with Crippen LogP contribution in [0.5, 0.6) is 5.75 Å². The van der Waals surface area contributed by atoms with Crippen molar-refractivity contribution in [3.05, 3.63) is 28.8 Å². The van der Waals surface area contributed by atoms with Gasteiger partial charge in [0.05, 0.1) is 6.61 Å². The molecule has 0 aliphatic carbocycles. The smallest absolute Gasteiger partial charge is 0.125 e. The van der Waals surface area contributed by atoms with E-state index in [0.29, 0.717) is 6.61 Å². The van der Waals surface area contributed by atoms with Crippen molar-refractivity contribution in [1.82, 2.24) is 5.32 Å². The monoisotopic (exact) mass is 279 g/mol. The van der Waals surface area contributed by atoms with Gasteiger partial charge in [-0.15, -0.1) is 0 Å². The van der Waals surface area contributed by atoms with E-state index in [4.69, 9.17) is 9.84 Å². The second-order valence-corrected chi connectivity index (χ2v) is 6.44. The molecule has 0 unspecified atom stereocenters. The van der Waals surface area contributed by atoms with Crippen LogP contribution in [0.1, 0.15) is 50.3 Å². The minimum atomic E-state index is 0.126. The lowest BCUT2D eigenvalue weighted by Crippen LogP contribution is -2.35. The zero-order chi connectivity index (χ0) is 15.2. The molecular formula is C17H29NO2. The summed E-state index contributed by atoms with van der Waals surface area (Å²) < 4.78 is 5.84. The van der Waals surface area contributed by atoms with Gasteiger partial charge in [-0.1, -0.05) is 12.1 Å². The number of aliphatic hydroxyl groups excluding tert-OH is 1. The maximum absolute atomic E-state index is 8.77. The van der Waals surface area contributed by atoms with Gasteiger partial charge < -0.3 is 15.2 Å². The standard InChI is InChI=1S/C17H29NO2/c1-13-10-15(12-18-17(3,4)5)11-14(2)16(13)20-9-7-6-8-19/h10-11,18-19H,6-9,12H2,1-5H3. The number of hydrogen-bond acceptors (Lipinski definition) is 3. The number of rotatable bonds is 7. The Labute approximate surface area is 123 Å². The van der Waals surface area contributed by atoms with Gasteiger partial charge in [-0.25, -0.2) is 0 Å². The average Bonchev–Trinajstić information content (AvgIpc) is 2.34. The van der Waals surface area contributed by atoms with Gasteiger partial charge in [-0.05, 0) is 64.2 Å². The highest BCUT2D eigenvalue weighted by Gasteiger charge is 2.11. The third kappa shape index (κ3) is 5.93. The predicted octanol–water partition coefficient (Wildman–Crippen LogP) is 3.34. The van der Waals surface area contributed by atoms with Crippen LogP contribution < -0.4 is 10.1 Å². The third-order valence-corrected chi connectivity index (χ3v) is 3.14. The molecule has 0 aromatic heterocycles. The number of nitrogens with one attached hydrogen (secondary N) is 1. The summed E-state index contributed by atoms with van der Waals surface area (Å²) >= 11 is 0. The highest BCUT2D eigenvalue weighted by atomic mass is 16.5. The number of aliphatic hydroxyl groups is 1. The molecule has 20 heavy (non-hydrogen) atoms. The summed E-state index contributed by atoms with van der Waals surface area (Å²) in [4.78, 5) is 0. The quantitative estimate of drug-likeness (QED) is 0.752. The van der Waals surface area contributed by atoms with Crippen LogP contribution in [0.2, 0.25) is 0 Å². The first-order valence-corrected chi connectivity index (χ1v) is 7.42. The van der Waals surface area contributed by atoms with Crippen LogP contribution in [0.15, 0.2) is 12.1 Å². The van der Waals surface area contributed by atoms with Crippen molar-refractivity contribution in [2.24, 2.45) is 0 Å². The van der Waals surface area contributed by atoms with E-state index in [1.165, 1.54) is 16.7 Å². The Bertz CT molecular complexity index is 398. The molecule has 0 radical (unpaired) electrons. The van der Waals surface area contributed by atoms with E-state index in [1.807, 2.05) is 0 Å². The van der Waals surface area contributed by atoms with Gasteiger partial charge in [-0.3, -0.25) is 0 Å². The van der Waals surface area contributed by atoms with Gasteiger partial charge in [-0.2, -0.15) is 0 Å². The molecule has 0 atom stereocenters. The van der Waals surface area contributed by atoms with E-state index in [1.54, 1.807) is 0 Å². The van der Waals surface area contributed by atoms with Crippen LogP contribution in [0.3, 0.4) is 0 Å². The van der Waals surface area contributed by atoms with Crippen molar-refractivity contribution in [3.63, 3.8) is 0 Å². The summed E-state index contributed by atoms with van der Waals surface area (Å²) in [5, 5.41) is 12.3. The number of aryl methyl sites for hydroxylation is 2. The Hall–Kier alpha value is -1.06. The number of unbranched alkanes of at least 4 members (excludes halogenated alkanes) is 1. The van der Waals surface area contributed by atoms with Crippen molar-refractivity contribution in [2.45, 2.75) is 59.5 Å². The molecule has 0 saturated carbocycles. The second kappa shape index (κ2) is 7.65. The number of ether oxygens (including phenoxy) is 1. The fraction of sp³-hybridized carbons (Fsp3) is 0.647. The molecule has 1 aromatic rings. The Morgan fingerprint density at radius 3 is 2.20 bits per heavy atom. The van der Waals surface area contributed by atoms with Crippen LogP contribution in [0.25, 0.3) is 0 Å². The zero-order valence-corrected chi connectivity index (χ0v) is 13.5. The van der Waals surface area contributed by atoms with Crippen LogP contribution in [0.4, 0.5) is 0 Å². The van der Waals surface area contributed by atoms with Gasteiger partial charge in [0.25, 0.3) is 0 Å². The minimum Gasteiger partial charge on any atom is -0.493 e. The van der Waals surface area contributed by atoms with Gasteiger partial charge in [0.15, 0.2) is 0 Å². The Balaban J connectivity index is 2.66. The number of benzene rings is 1. The highest BCUT2D eigenvalue weighted by Crippen LogP contribution is 2.25. The Kier molecular flexibility index (Phi) is 6.50. The summed E-state index contributed by atoms with van der Waals surface area (Å²) in [5.74, 6) is 0.988. The lowest BCUT2D eigenvalue weighted by atomic mass is 10.0.